The van der Waals surface area contributed by atoms with E-state index in [0.717, 1.165) is 28.0 Å². The first-order valence-corrected chi connectivity index (χ1v) is 8.06. The quantitative estimate of drug-likeness (QED) is 0.731. The highest BCUT2D eigenvalue weighted by atomic mass is 35.5. The van der Waals surface area contributed by atoms with Crippen LogP contribution in [0.3, 0.4) is 0 Å². The maximum atomic E-state index is 12.6. The molecule has 0 unspecified atom stereocenters. The highest BCUT2D eigenvalue weighted by molar-refractivity contribution is 6.34. The van der Waals surface area contributed by atoms with Crippen LogP contribution >= 0.6 is 11.6 Å². The normalized spacial score (nSPS) is 10.9. The van der Waals surface area contributed by atoms with Crippen LogP contribution in [-0.4, -0.2) is 15.9 Å². The fourth-order valence-corrected chi connectivity index (χ4v) is 3.00. The molecule has 2 aromatic carbocycles. The van der Waals surface area contributed by atoms with Crippen LogP contribution in [0.1, 0.15) is 32.9 Å². The number of fused-ring (bicyclic) bond motifs is 1. The molecule has 0 aliphatic rings. The number of amides is 1. The van der Waals surface area contributed by atoms with E-state index >= 15 is 0 Å². The smallest absolute Gasteiger partial charge is 0.255 e. The van der Waals surface area contributed by atoms with Crippen LogP contribution in [0.4, 0.5) is 5.69 Å². The van der Waals surface area contributed by atoms with Gasteiger partial charge in [0.15, 0.2) is 0 Å². The predicted molar refractivity (Wildman–Crippen MR) is 97.9 cm³/mol. The molecule has 0 saturated heterocycles. The van der Waals surface area contributed by atoms with Crippen molar-refractivity contribution >= 4 is 34.2 Å². The number of halogens is 1. The Morgan fingerprint density at radius 2 is 1.62 bits per heavy atom. The summed E-state index contributed by atoms with van der Waals surface area (Å²) in [5.41, 5.74) is 6.38. The van der Waals surface area contributed by atoms with Gasteiger partial charge in [0.1, 0.15) is 0 Å². The van der Waals surface area contributed by atoms with Crippen molar-refractivity contribution < 1.29 is 4.79 Å². The van der Waals surface area contributed by atoms with Gasteiger partial charge in [-0.05, 0) is 63.1 Å². The molecule has 1 N–H and O–H groups in total. The molecule has 1 heterocycles. The Bertz CT molecular complexity index is 943. The topological polar surface area (TPSA) is 54.9 Å². The van der Waals surface area contributed by atoms with Crippen molar-refractivity contribution in [3.8, 4) is 0 Å². The molecular formula is C19H18ClN3O. The Morgan fingerprint density at radius 1 is 0.958 bits per heavy atom. The van der Waals surface area contributed by atoms with Crippen LogP contribution in [0.15, 0.2) is 30.3 Å². The zero-order valence-corrected chi connectivity index (χ0v) is 14.8. The van der Waals surface area contributed by atoms with E-state index in [2.05, 4.69) is 15.3 Å². The molecule has 0 bridgehead atoms. The van der Waals surface area contributed by atoms with Crippen molar-refractivity contribution in [3.63, 3.8) is 0 Å². The molecule has 5 heteroatoms. The number of aromatic nitrogens is 2. The molecule has 3 rings (SSSR count). The molecule has 24 heavy (non-hydrogen) atoms. The third-order valence-corrected chi connectivity index (χ3v) is 4.31. The Kier molecular flexibility index (Phi) is 4.24. The van der Waals surface area contributed by atoms with Gasteiger partial charge in [-0.1, -0.05) is 17.7 Å². The number of anilines is 1. The maximum absolute atomic E-state index is 12.6. The number of carbonyl (C=O) groups excluding carboxylic acids is 1. The minimum absolute atomic E-state index is 0.217. The Balaban J connectivity index is 1.96. The van der Waals surface area contributed by atoms with Crippen molar-refractivity contribution in [1.29, 1.82) is 0 Å². The summed E-state index contributed by atoms with van der Waals surface area (Å²) in [6.45, 7) is 7.72. The lowest BCUT2D eigenvalue weighted by atomic mass is 10.1. The molecule has 0 aliphatic carbocycles. The standard InChI is InChI=1S/C19H18ClN3O/c1-10-7-11(2)18(15(20)8-10)23-19(24)14-5-6-16-17(9-14)22-13(4)12(3)21-16/h5-9H,1-4H3,(H,23,24). The van der Waals surface area contributed by atoms with Gasteiger partial charge in [0.2, 0.25) is 0 Å². The summed E-state index contributed by atoms with van der Waals surface area (Å²) in [4.78, 5) is 21.6. The third kappa shape index (κ3) is 3.10. The van der Waals surface area contributed by atoms with E-state index < -0.39 is 0 Å². The zero-order valence-electron chi connectivity index (χ0n) is 14.1. The van der Waals surface area contributed by atoms with Gasteiger partial charge in [-0.2, -0.15) is 0 Å². The minimum atomic E-state index is -0.217. The number of nitrogens with zero attached hydrogens (tertiary/aromatic N) is 2. The molecule has 0 atom stereocenters. The minimum Gasteiger partial charge on any atom is -0.320 e. The van der Waals surface area contributed by atoms with E-state index in [-0.39, 0.29) is 5.91 Å². The van der Waals surface area contributed by atoms with Gasteiger partial charge in [-0.3, -0.25) is 4.79 Å². The van der Waals surface area contributed by atoms with E-state index in [4.69, 9.17) is 11.6 Å². The number of carbonyl (C=O) groups is 1. The van der Waals surface area contributed by atoms with Gasteiger partial charge in [-0.15, -0.1) is 0 Å². The molecule has 0 fully saturated rings. The molecule has 0 radical (unpaired) electrons. The number of aryl methyl sites for hydroxylation is 4. The molecular weight excluding hydrogens is 322 g/mol. The van der Waals surface area contributed by atoms with Crippen molar-refractivity contribution in [1.82, 2.24) is 9.97 Å². The molecule has 3 aromatic rings. The SMILES string of the molecule is Cc1cc(C)c(NC(=O)c2ccc3nc(C)c(C)nc3c2)c(Cl)c1. The van der Waals surface area contributed by atoms with E-state index in [9.17, 15) is 4.79 Å². The van der Waals surface area contributed by atoms with Crippen LogP contribution < -0.4 is 5.32 Å². The first-order valence-electron chi connectivity index (χ1n) is 7.68. The third-order valence-electron chi connectivity index (χ3n) is 4.01. The van der Waals surface area contributed by atoms with E-state index in [1.165, 1.54) is 0 Å². The second kappa shape index (κ2) is 6.21. The molecule has 4 nitrogen and oxygen atoms in total. The van der Waals surface area contributed by atoms with Gasteiger partial charge in [0, 0.05) is 5.56 Å². The van der Waals surface area contributed by atoms with Crippen LogP contribution in [0.25, 0.3) is 11.0 Å². The van der Waals surface area contributed by atoms with Crippen molar-refractivity contribution in [2.24, 2.45) is 0 Å². The number of benzene rings is 2. The first kappa shape index (κ1) is 16.4. The fraction of sp³-hybridized carbons (Fsp3) is 0.211. The van der Waals surface area contributed by atoms with Gasteiger partial charge < -0.3 is 5.32 Å². The van der Waals surface area contributed by atoms with Gasteiger partial charge in [-0.25, -0.2) is 9.97 Å². The molecule has 1 aromatic heterocycles. The molecule has 122 valence electrons. The monoisotopic (exact) mass is 339 g/mol. The molecule has 1 amide bonds. The number of nitrogens with one attached hydrogen (secondary N) is 1. The van der Waals surface area contributed by atoms with E-state index in [1.54, 1.807) is 12.1 Å². The Labute approximate surface area is 145 Å². The van der Waals surface area contributed by atoms with E-state index in [0.29, 0.717) is 21.8 Å². The average Bonchev–Trinajstić information content (AvgIpc) is 2.51. The largest absolute Gasteiger partial charge is 0.320 e. The lowest BCUT2D eigenvalue weighted by molar-refractivity contribution is 0.102. The van der Waals surface area contributed by atoms with Crippen LogP contribution in [0.5, 0.6) is 0 Å². The zero-order chi connectivity index (χ0) is 17.4. The lowest BCUT2D eigenvalue weighted by Gasteiger charge is -2.12. The second-order valence-corrected chi connectivity index (χ2v) is 6.40. The number of hydrogen-bond acceptors (Lipinski definition) is 3. The Morgan fingerprint density at radius 3 is 2.29 bits per heavy atom. The predicted octanol–water partition coefficient (Wildman–Crippen LogP) is 4.77. The summed E-state index contributed by atoms with van der Waals surface area (Å²) in [6.07, 6.45) is 0. The highest BCUT2D eigenvalue weighted by Gasteiger charge is 2.13. The summed E-state index contributed by atoms with van der Waals surface area (Å²) >= 11 is 6.26. The summed E-state index contributed by atoms with van der Waals surface area (Å²) < 4.78 is 0. The molecule has 0 spiro atoms. The molecule has 0 saturated carbocycles. The number of rotatable bonds is 2. The van der Waals surface area contributed by atoms with Gasteiger partial charge in [0.25, 0.3) is 5.91 Å². The summed E-state index contributed by atoms with van der Waals surface area (Å²) in [7, 11) is 0. The van der Waals surface area contributed by atoms with Gasteiger partial charge in [0.05, 0.1) is 33.1 Å². The summed E-state index contributed by atoms with van der Waals surface area (Å²) in [5, 5.41) is 3.43. The lowest BCUT2D eigenvalue weighted by Crippen LogP contribution is -2.13. The fourth-order valence-electron chi connectivity index (χ4n) is 2.63. The van der Waals surface area contributed by atoms with Crippen LogP contribution in [0.2, 0.25) is 5.02 Å². The maximum Gasteiger partial charge on any atom is 0.255 e. The van der Waals surface area contributed by atoms with Crippen LogP contribution in [0, 0.1) is 27.7 Å². The average molecular weight is 340 g/mol. The highest BCUT2D eigenvalue weighted by Crippen LogP contribution is 2.28. The number of hydrogen-bond donors (Lipinski definition) is 1. The molecule has 0 aliphatic heterocycles. The van der Waals surface area contributed by atoms with Crippen molar-refractivity contribution in [2.45, 2.75) is 27.7 Å². The van der Waals surface area contributed by atoms with Gasteiger partial charge >= 0.3 is 0 Å². The Hall–Kier alpha value is -2.46. The van der Waals surface area contributed by atoms with Crippen LogP contribution in [-0.2, 0) is 0 Å². The first-order chi connectivity index (χ1) is 11.3. The van der Waals surface area contributed by atoms with Crippen molar-refractivity contribution in [3.05, 3.63) is 63.4 Å². The second-order valence-electron chi connectivity index (χ2n) is 5.99. The van der Waals surface area contributed by atoms with Crippen molar-refractivity contribution in [2.75, 3.05) is 5.32 Å². The summed E-state index contributed by atoms with van der Waals surface area (Å²) in [5.74, 6) is -0.217. The van der Waals surface area contributed by atoms with E-state index in [1.807, 2.05) is 45.9 Å². The summed E-state index contributed by atoms with van der Waals surface area (Å²) in [6, 6.07) is 9.13.